The zero-order chi connectivity index (χ0) is 17.6. The van der Waals surface area contributed by atoms with Gasteiger partial charge in [0.1, 0.15) is 17.4 Å². The van der Waals surface area contributed by atoms with Crippen molar-refractivity contribution in [3.8, 4) is 0 Å². The third-order valence-corrected chi connectivity index (χ3v) is 4.25. The number of benzene rings is 2. The Hall–Kier alpha value is -2.60. The first-order valence-corrected chi connectivity index (χ1v) is 8.68. The highest BCUT2D eigenvalue weighted by Crippen LogP contribution is 2.08. The molecule has 24 heavy (non-hydrogen) atoms. The maximum atomic E-state index is 12.8. The summed E-state index contributed by atoms with van der Waals surface area (Å²) in [6.07, 6.45) is 3.85. The van der Waals surface area contributed by atoms with Crippen molar-refractivity contribution < 1.29 is 22.0 Å². The monoisotopic (exact) mass is 348 g/mol. The maximum Gasteiger partial charge on any atom is 0.179 e. The summed E-state index contributed by atoms with van der Waals surface area (Å²) in [4.78, 5) is 11.7. The molecule has 0 aliphatic carbocycles. The highest BCUT2D eigenvalue weighted by Gasteiger charge is 2.11. The number of rotatable bonds is 6. The first-order chi connectivity index (χ1) is 11.3. The standard InChI is InChI=1S/C18H14F2O3S/c19-16-6-1-14(2-7-16)5-10-18(21)13-24(22,23)12-11-15-3-8-17(20)9-4-15/h1-12H,13H2/b10-5+,12-11?. The fraction of sp³-hybridized carbons (Fsp3) is 0.0556. The summed E-state index contributed by atoms with van der Waals surface area (Å²) in [6, 6.07) is 10.7. The second-order valence-electron chi connectivity index (χ2n) is 5.01. The van der Waals surface area contributed by atoms with Gasteiger partial charge in [0, 0.05) is 5.41 Å². The summed E-state index contributed by atoms with van der Waals surface area (Å²) in [5.74, 6) is -2.09. The van der Waals surface area contributed by atoms with Gasteiger partial charge >= 0.3 is 0 Å². The Morgan fingerprint density at radius 1 is 0.833 bits per heavy atom. The minimum absolute atomic E-state index is 0.396. The number of hydrogen-bond donors (Lipinski definition) is 0. The first-order valence-electron chi connectivity index (χ1n) is 6.97. The Labute approximate surface area is 138 Å². The predicted octanol–water partition coefficient (Wildman–Crippen LogP) is 3.63. The Morgan fingerprint density at radius 2 is 1.29 bits per heavy atom. The molecule has 0 bridgehead atoms. The number of allylic oxidation sites excluding steroid dienone is 1. The molecule has 0 unspecified atom stereocenters. The lowest BCUT2D eigenvalue weighted by Gasteiger charge is -1.97. The molecule has 0 fully saturated rings. The van der Waals surface area contributed by atoms with Crippen LogP contribution >= 0.6 is 0 Å². The van der Waals surface area contributed by atoms with Crippen LogP contribution in [-0.4, -0.2) is 20.0 Å². The molecule has 0 spiro atoms. The molecule has 0 heterocycles. The molecule has 0 N–H and O–H groups in total. The molecule has 2 aromatic rings. The minimum Gasteiger partial charge on any atom is -0.294 e. The van der Waals surface area contributed by atoms with Gasteiger partial charge in [-0.05, 0) is 47.5 Å². The Morgan fingerprint density at radius 3 is 1.79 bits per heavy atom. The van der Waals surface area contributed by atoms with E-state index in [1.807, 2.05) is 0 Å². The van der Waals surface area contributed by atoms with Crippen molar-refractivity contribution >= 4 is 27.8 Å². The summed E-state index contributed by atoms with van der Waals surface area (Å²) in [7, 11) is -3.74. The Kier molecular flexibility index (Phi) is 5.76. The quantitative estimate of drug-likeness (QED) is 0.749. The number of sulfone groups is 1. The van der Waals surface area contributed by atoms with Gasteiger partial charge in [0.15, 0.2) is 15.6 Å². The summed E-state index contributed by atoms with van der Waals surface area (Å²) in [5.41, 5.74) is 1.10. The van der Waals surface area contributed by atoms with Crippen LogP contribution in [0.2, 0.25) is 0 Å². The van der Waals surface area contributed by atoms with Crippen LogP contribution in [-0.2, 0) is 14.6 Å². The number of carbonyl (C=O) groups is 1. The number of halogens is 2. The first kappa shape index (κ1) is 17.7. The van der Waals surface area contributed by atoms with Gasteiger partial charge in [0.25, 0.3) is 0 Å². The lowest BCUT2D eigenvalue weighted by Crippen LogP contribution is -2.11. The van der Waals surface area contributed by atoms with Crippen LogP contribution in [0.1, 0.15) is 11.1 Å². The molecular weight excluding hydrogens is 334 g/mol. The van der Waals surface area contributed by atoms with E-state index in [0.29, 0.717) is 11.1 Å². The molecule has 2 aromatic carbocycles. The van der Waals surface area contributed by atoms with E-state index in [1.54, 1.807) is 0 Å². The molecule has 3 nitrogen and oxygen atoms in total. The van der Waals surface area contributed by atoms with E-state index >= 15 is 0 Å². The van der Waals surface area contributed by atoms with Crippen molar-refractivity contribution in [3.05, 3.63) is 82.8 Å². The van der Waals surface area contributed by atoms with Crippen LogP contribution in [0.4, 0.5) is 8.78 Å². The van der Waals surface area contributed by atoms with E-state index in [9.17, 15) is 22.0 Å². The van der Waals surface area contributed by atoms with Gasteiger partial charge in [-0.1, -0.05) is 30.3 Å². The lowest BCUT2D eigenvalue weighted by atomic mass is 10.2. The smallest absolute Gasteiger partial charge is 0.179 e. The van der Waals surface area contributed by atoms with E-state index in [-0.39, 0.29) is 0 Å². The van der Waals surface area contributed by atoms with Gasteiger partial charge in [-0.3, -0.25) is 4.79 Å². The summed E-state index contributed by atoms with van der Waals surface area (Å²) in [6.45, 7) is 0. The molecule has 0 amide bonds. The minimum atomic E-state index is -3.74. The average Bonchev–Trinajstić information content (AvgIpc) is 2.53. The van der Waals surface area contributed by atoms with Crippen LogP contribution in [0.5, 0.6) is 0 Å². The molecular formula is C18H14F2O3S. The molecule has 0 aliphatic rings. The Bertz CT molecular complexity index is 865. The molecule has 0 radical (unpaired) electrons. The van der Waals surface area contributed by atoms with E-state index < -0.39 is 33.0 Å². The van der Waals surface area contributed by atoms with Crippen LogP contribution in [0.15, 0.2) is 60.0 Å². The highest BCUT2D eigenvalue weighted by molar-refractivity contribution is 7.95. The summed E-state index contributed by atoms with van der Waals surface area (Å²) >= 11 is 0. The Balaban J connectivity index is 1.98. The summed E-state index contributed by atoms with van der Waals surface area (Å²) < 4.78 is 49.3. The van der Waals surface area contributed by atoms with Crippen LogP contribution in [0.3, 0.4) is 0 Å². The van der Waals surface area contributed by atoms with E-state index in [0.717, 1.165) is 11.5 Å². The molecule has 0 saturated carbocycles. The van der Waals surface area contributed by atoms with Gasteiger partial charge in [0.05, 0.1) is 0 Å². The second-order valence-corrected chi connectivity index (χ2v) is 6.90. The van der Waals surface area contributed by atoms with Crippen LogP contribution in [0.25, 0.3) is 12.2 Å². The van der Waals surface area contributed by atoms with Crippen molar-refractivity contribution in [2.45, 2.75) is 0 Å². The van der Waals surface area contributed by atoms with Crippen molar-refractivity contribution in [3.63, 3.8) is 0 Å². The van der Waals surface area contributed by atoms with Crippen LogP contribution < -0.4 is 0 Å². The van der Waals surface area contributed by atoms with Gasteiger partial charge in [-0.2, -0.15) is 0 Å². The van der Waals surface area contributed by atoms with Crippen LogP contribution in [0, 0.1) is 11.6 Å². The maximum absolute atomic E-state index is 12.8. The second kappa shape index (κ2) is 7.79. The fourth-order valence-electron chi connectivity index (χ4n) is 1.81. The third-order valence-electron chi connectivity index (χ3n) is 3.01. The number of carbonyl (C=O) groups excluding carboxylic acids is 1. The molecule has 0 aliphatic heterocycles. The van der Waals surface area contributed by atoms with Gasteiger partial charge < -0.3 is 0 Å². The summed E-state index contributed by atoms with van der Waals surface area (Å²) in [5, 5.41) is 0.921. The molecule has 0 saturated heterocycles. The zero-order valence-corrected chi connectivity index (χ0v) is 13.3. The van der Waals surface area contributed by atoms with Gasteiger partial charge in [-0.25, -0.2) is 17.2 Å². The van der Waals surface area contributed by atoms with Gasteiger partial charge in [-0.15, -0.1) is 0 Å². The molecule has 0 atom stereocenters. The SMILES string of the molecule is O=C(/C=C/c1ccc(F)cc1)CS(=O)(=O)C=Cc1ccc(F)cc1. The largest absolute Gasteiger partial charge is 0.294 e. The van der Waals surface area contributed by atoms with Crippen molar-refractivity contribution in [2.24, 2.45) is 0 Å². The lowest BCUT2D eigenvalue weighted by molar-refractivity contribution is -0.112. The average molecular weight is 348 g/mol. The molecule has 6 heteroatoms. The zero-order valence-electron chi connectivity index (χ0n) is 12.5. The molecule has 0 aromatic heterocycles. The number of ketones is 1. The van der Waals surface area contributed by atoms with E-state index in [1.165, 1.54) is 60.7 Å². The topological polar surface area (TPSA) is 51.2 Å². The highest BCUT2D eigenvalue weighted by atomic mass is 32.2. The third kappa shape index (κ3) is 5.89. The molecule has 2 rings (SSSR count). The van der Waals surface area contributed by atoms with Crippen molar-refractivity contribution in [1.29, 1.82) is 0 Å². The fourth-order valence-corrected chi connectivity index (χ4v) is 2.77. The van der Waals surface area contributed by atoms with Crippen molar-refractivity contribution in [1.82, 2.24) is 0 Å². The van der Waals surface area contributed by atoms with E-state index in [2.05, 4.69) is 0 Å². The predicted molar refractivity (Wildman–Crippen MR) is 89.7 cm³/mol. The van der Waals surface area contributed by atoms with Gasteiger partial charge in [0.2, 0.25) is 0 Å². The molecule has 124 valence electrons. The normalized spacial score (nSPS) is 12.1. The van der Waals surface area contributed by atoms with Crippen molar-refractivity contribution in [2.75, 3.05) is 5.75 Å². The number of hydrogen-bond acceptors (Lipinski definition) is 3. The van der Waals surface area contributed by atoms with E-state index in [4.69, 9.17) is 0 Å².